The number of carbonyl (C=O) groups excluding carboxylic acids is 1. The molecule has 9 nitrogen and oxygen atoms in total. The molecule has 3 aromatic rings. The second kappa shape index (κ2) is 11.5. The number of aromatic nitrogens is 2. The Hall–Kier alpha value is -2.86. The molecular formula is C25H32FN5O4S. The van der Waals surface area contributed by atoms with Crippen molar-refractivity contribution in [2.45, 2.75) is 50.9 Å². The Kier molecular flexibility index (Phi) is 8.35. The van der Waals surface area contributed by atoms with Gasteiger partial charge in [0.2, 0.25) is 0 Å². The molecule has 1 amide bonds. The highest BCUT2D eigenvalue weighted by Gasteiger charge is 2.28. The molecule has 0 saturated heterocycles. The zero-order chi connectivity index (χ0) is 25.8. The Labute approximate surface area is 213 Å². The van der Waals surface area contributed by atoms with Crippen molar-refractivity contribution in [1.82, 2.24) is 20.2 Å². The molecule has 36 heavy (non-hydrogen) atoms. The summed E-state index contributed by atoms with van der Waals surface area (Å²) in [6.07, 6.45) is 1.45. The smallest absolute Gasteiger partial charge is 0.261 e. The number of aryl methyl sites for hydroxylation is 1. The molecule has 0 bridgehead atoms. The zero-order valence-corrected chi connectivity index (χ0v) is 21.4. The monoisotopic (exact) mass is 517 g/mol. The topological polar surface area (TPSA) is 120 Å². The van der Waals surface area contributed by atoms with Gasteiger partial charge in [-0.25, -0.2) is 14.4 Å². The summed E-state index contributed by atoms with van der Waals surface area (Å²) in [5.74, 6) is 0.0982. The maximum absolute atomic E-state index is 14.1. The number of aliphatic hydroxyl groups is 2. The third-order valence-corrected chi connectivity index (χ3v) is 7.30. The third-order valence-electron chi connectivity index (χ3n) is 6.11. The molecule has 1 aliphatic carbocycles. The molecule has 0 radical (unpaired) electrons. The first-order chi connectivity index (χ1) is 17.2. The van der Waals surface area contributed by atoms with Gasteiger partial charge in [0, 0.05) is 25.5 Å². The molecule has 1 saturated carbocycles. The van der Waals surface area contributed by atoms with Gasteiger partial charge in [-0.2, -0.15) is 0 Å². The molecule has 4 N–H and O–H groups in total. The molecule has 194 valence electrons. The second-order valence-electron chi connectivity index (χ2n) is 9.39. The standard InChI is InChI=1S/C25H32FN5O4S/c1-14-21-23(28-13-29-25(21)36-22(14)24(34)27-7-4-8-31(2)3)30-19-6-5-15(26)9-20(19)35-18-11-16(32)10-17(33)12-18/h5-6,9,13,16-18,32-33H,4,7-8,10-12H2,1-3H3,(H,27,34)(H,28,29,30). The lowest BCUT2D eigenvalue weighted by molar-refractivity contribution is -0.0153. The first kappa shape index (κ1) is 26.2. The molecule has 2 atom stereocenters. The van der Waals surface area contributed by atoms with Crippen LogP contribution in [0.25, 0.3) is 10.2 Å². The highest BCUT2D eigenvalue weighted by molar-refractivity contribution is 7.20. The molecule has 0 spiro atoms. The highest BCUT2D eigenvalue weighted by atomic mass is 32.1. The van der Waals surface area contributed by atoms with E-state index in [2.05, 4.69) is 25.5 Å². The number of benzene rings is 1. The Morgan fingerprint density at radius 2 is 1.97 bits per heavy atom. The van der Waals surface area contributed by atoms with E-state index in [1.807, 2.05) is 21.0 Å². The molecule has 2 heterocycles. The van der Waals surface area contributed by atoms with E-state index in [4.69, 9.17) is 4.74 Å². The fraction of sp³-hybridized carbons (Fsp3) is 0.480. The number of nitrogens with one attached hydrogen (secondary N) is 2. The van der Waals surface area contributed by atoms with E-state index in [1.165, 1.54) is 29.8 Å². The van der Waals surface area contributed by atoms with Crippen molar-refractivity contribution in [3.05, 3.63) is 40.8 Å². The SMILES string of the molecule is Cc1c(C(=O)NCCCN(C)C)sc2ncnc(Nc3ccc(F)cc3OC3CC(O)CC(O)C3)c12. The number of rotatable bonds is 9. The fourth-order valence-electron chi connectivity index (χ4n) is 4.37. The predicted octanol–water partition coefficient (Wildman–Crippen LogP) is 3.22. The van der Waals surface area contributed by atoms with E-state index in [0.717, 1.165) is 18.5 Å². The fourth-order valence-corrected chi connectivity index (χ4v) is 5.44. The summed E-state index contributed by atoms with van der Waals surface area (Å²) in [7, 11) is 3.98. The van der Waals surface area contributed by atoms with Crippen molar-refractivity contribution in [2.24, 2.45) is 0 Å². The van der Waals surface area contributed by atoms with Crippen molar-refractivity contribution >= 4 is 39.0 Å². The predicted molar refractivity (Wildman–Crippen MR) is 138 cm³/mol. The number of hydrogen-bond acceptors (Lipinski definition) is 9. The zero-order valence-electron chi connectivity index (χ0n) is 20.6. The van der Waals surface area contributed by atoms with Gasteiger partial charge < -0.3 is 30.5 Å². The Morgan fingerprint density at radius 3 is 2.69 bits per heavy atom. The van der Waals surface area contributed by atoms with Crippen LogP contribution in [0.2, 0.25) is 0 Å². The molecule has 2 unspecified atom stereocenters. The molecule has 0 aliphatic heterocycles. The minimum atomic E-state index is -0.675. The number of fused-ring (bicyclic) bond motifs is 1. The molecular weight excluding hydrogens is 485 g/mol. The van der Waals surface area contributed by atoms with Crippen LogP contribution in [0.15, 0.2) is 24.5 Å². The number of nitrogens with zero attached hydrogens (tertiary/aromatic N) is 3. The van der Waals surface area contributed by atoms with Gasteiger partial charge in [0.25, 0.3) is 5.91 Å². The summed E-state index contributed by atoms with van der Waals surface area (Å²) in [6, 6.07) is 4.13. The van der Waals surface area contributed by atoms with Crippen LogP contribution in [0.4, 0.5) is 15.9 Å². The first-order valence-corrected chi connectivity index (χ1v) is 12.8. The molecule has 1 aliphatic rings. The van der Waals surface area contributed by atoms with Gasteiger partial charge in [0.05, 0.1) is 28.2 Å². The molecule has 1 fully saturated rings. The first-order valence-electron chi connectivity index (χ1n) is 12.0. The number of hydrogen-bond donors (Lipinski definition) is 4. The van der Waals surface area contributed by atoms with E-state index >= 15 is 0 Å². The summed E-state index contributed by atoms with van der Waals surface area (Å²) in [5, 5.41) is 26.9. The van der Waals surface area contributed by atoms with E-state index < -0.39 is 24.1 Å². The lowest BCUT2D eigenvalue weighted by atomic mass is 9.92. The van der Waals surface area contributed by atoms with Crippen molar-refractivity contribution in [2.75, 3.05) is 32.5 Å². The second-order valence-corrected chi connectivity index (χ2v) is 10.4. The number of aliphatic hydroxyl groups excluding tert-OH is 2. The van der Waals surface area contributed by atoms with Crippen molar-refractivity contribution in [3.8, 4) is 5.75 Å². The molecule has 11 heteroatoms. The van der Waals surface area contributed by atoms with Crippen LogP contribution in [-0.2, 0) is 0 Å². The Balaban J connectivity index is 1.57. The average Bonchev–Trinajstić information content (AvgIpc) is 3.15. The minimum Gasteiger partial charge on any atom is -0.488 e. The van der Waals surface area contributed by atoms with E-state index in [0.29, 0.717) is 52.4 Å². The Bertz CT molecular complexity index is 1210. The summed E-state index contributed by atoms with van der Waals surface area (Å²) >= 11 is 1.30. The molecule has 4 rings (SSSR count). The summed E-state index contributed by atoms with van der Waals surface area (Å²) in [4.78, 5) is 24.9. The van der Waals surface area contributed by atoms with Crippen LogP contribution in [-0.4, -0.2) is 76.5 Å². The van der Waals surface area contributed by atoms with Crippen LogP contribution in [0.3, 0.4) is 0 Å². The van der Waals surface area contributed by atoms with Crippen LogP contribution in [0, 0.1) is 12.7 Å². The number of ether oxygens (including phenoxy) is 1. The van der Waals surface area contributed by atoms with Gasteiger partial charge in [0.15, 0.2) is 0 Å². The number of halogens is 1. The van der Waals surface area contributed by atoms with Crippen LogP contribution < -0.4 is 15.4 Å². The maximum Gasteiger partial charge on any atom is 0.261 e. The summed E-state index contributed by atoms with van der Waals surface area (Å²) in [5.41, 5.74) is 1.23. The Morgan fingerprint density at radius 1 is 1.22 bits per heavy atom. The van der Waals surface area contributed by atoms with Crippen molar-refractivity contribution in [1.29, 1.82) is 0 Å². The lowest BCUT2D eigenvalue weighted by Gasteiger charge is -2.30. The van der Waals surface area contributed by atoms with Gasteiger partial charge in [-0.15, -0.1) is 11.3 Å². The van der Waals surface area contributed by atoms with E-state index in [-0.39, 0.29) is 11.7 Å². The maximum atomic E-state index is 14.1. The molecule has 1 aromatic carbocycles. The van der Waals surface area contributed by atoms with Crippen LogP contribution in [0.1, 0.15) is 40.9 Å². The number of thiophene rings is 1. The van der Waals surface area contributed by atoms with Crippen molar-refractivity contribution < 1.29 is 24.1 Å². The van der Waals surface area contributed by atoms with Gasteiger partial charge >= 0.3 is 0 Å². The number of amides is 1. The normalized spacial score (nSPS) is 20.0. The third kappa shape index (κ3) is 6.28. The number of anilines is 2. The van der Waals surface area contributed by atoms with Gasteiger partial charge in [-0.3, -0.25) is 4.79 Å². The van der Waals surface area contributed by atoms with Gasteiger partial charge in [0.1, 0.15) is 34.6 Å². The van der Waals surface area contributed by atoms with Crippen LogP contribution >= 0.6 is 11.3 Å². The highest BCUT2D eigenvalue weighted by Crippen LogP contribution is 2.37. The van der Waals surface area contributed by atoms with Crippen LogP contribution in [0.5, 0.6) is 5.75 Å². The van der Waals surface area contributed by atoms with E-state index in [1.54, 1.807) is 6.07 Å². The van der Waals surface area contributed by atoms with Crippen molar-refractivity contribution in [3.63, 3.8) is 0 Å². The average molecular weight is 518 g/mol. The van der Waals surface area contributed by atoms with Gasteiger partial charge in [-0.05, 0) is 58.1 Å². The summed E-state index contributed by atoms with van der Waals surface area (Å²) in [6.45, 7) is 3.31. The lowest BCUT2D eigenvalue weighted by Crippen LogP contribution is -2.36. The van der Waals surface area contributed by atoms with Gasteiger partial charge in [-0.1, -0.05) is 0 Å². The van der Waals surface area contributed by atoms with E-state index in [9.17, 15) is 19.4 Å². The summed E-state index contributed by atoms with van der Waals surface area (Å²) < 4.78 is 20.1. The quantitative estimate of drug-likeness (QED) is 0.320. The minimum absolute atomic E-state index is 0.152. The largest absolute Gasteiger partial charge is 0.488 e. The number of carbonyl (C=O) groups is 1. The molecule has 2 aromatic heterocycles.